The van der Waals surface area contributed by atoms with Crippen LogP contribution in [0.25, 0.3) is 0 Å². The van der Waals surface area contributed by atoms with Crippen LogP contribution >= 0.6 is 11.6 Å². The Balaban J connectivity index is 2.12. The quantitative estimate of drug-likeness (QED) is 0.680. The zero-order chi connectivity index (χ0) is 21.6. The molecule has 0 saturated carbocycles. The predicted molar refractivity (Wildman–Crippen MR) is 118 cm³/mol. The maximum atomic E-state index is 13.1. The number of hydrogen-bond donors (Lipinski definition) is 1. The first-order valence-electron chi connectivity index (χ1n) is 9.88. The van der Waals surface area contributed by atoms with Gasteiger partial charge in [-0.3, -0.25) is 4.79 Å². The van der Waals surface area contributed by atoms with Crippen molar-refractivity contribution < 1.29 is 9.59 Å². The van der Waals surface area contributed by atoms with Crippen molar-refractivity contribution in [1.82, 2.24) is 14.4 Å². The molecule has 1 N–H and O–H groups in total. The number of amides is 3. The molecular formula is C22H31ClN4O2. The van der Waals surface area contributed by atoms with Gasteiger partial charge in [0.1, 0.15) is 6.54 Å². The van der Waals surface area contributed by atoms with Gasteiger partial charge in [0.15, 0.2) is 0 Å². The Morgan fingerprint density at radius 1 is 1.14 bits per heavy atom. The van der Waals surface area contributed by atoms with Crippen molar-refractivity contribution in [3.8, 4) is 0 Å². The Labute approximate surface area is 178 Å². The number of carbonyl (C=O) groups excluding carboxylic acids is 2. The van der Waals surface area contributed by atoms with E-state index >= 15 is 0 Å². The molecule has 0 unspecified atom stereocenters. The van der Waals surface area contributed by atoms with Crippen LogP contribution in [0, 0.1) is 5.92 Å². The number of nitrogens with one attached hydrogen (secondary N) is 1. The molecule has 0 spiro atoms. The minimum Gasteiger partial charge on any atom is -0.353 e. The number of rotatable bonds is 8. The summed E-state index contributed by atoms with van der Waals surface area (Å²) in [6.07, 6.45) is 1.96. The number of carbonyl (C=O) groups is 2. The van der Waals surface area contributed by atoms with Gasteiger partial charge < -0.3 is 19.7 Å². The minimum atomic E-state index is -0.320. The number of halogens is 1. The zero-order valence-corrected chi connectivity index (χ0v) is 18.6. The first-order chi connectivity index (χ1) is 13.7. The number of nitrogens with zero attached hydrogens (tertiary/aromatic N) is 3. The van der Waals surface area contributed by atoms with Crippen LogP contribution in [0.1, 0.15) is 33.4 Å². The normalized spacial score (nSPS) is 11.0. The van der Waals surface area contributed by atoms with E-state index in [1.54, 1.807) is 29.2 Å². The van der Waals surface area contributed by atoms with E-state index in [1.165, 1.54) is 0 Å². The van der Waals surface area contributed by atoms with Gasteiger partial charge in [-0.1, -0.05) is 31.5 Å². The van der Waals surface area contributed by atoms with E-state index < -0.39 is 0 Å². The third-order valence-electron chi connectivity index (χ3n) is 4.61. The molecular weight excluding hydrogens is 388 g/mol. The molecule has 3 amide bonds. The molecule has 0 atom stereocenters. The lowest BCUT2D eigenvalue weighted by Crippen LogP contribution is -2.48. The minimum absolute atomic E-state index is 0.0151. The second-order valence-electron chi connectivity index (χ2n) is 7.94. The fourth-order valence-electron chi connectivity index (χ4n) is 3.05. The summed E-state index contributed by atoms with van der Waals surface area (Å²) in [5.41, 5.74) is 1.65. The van der Waals surface area contributed by atoms with Crippen molar-refractivity contribution in [3.05, 3.63) is 53.3 Å². The molecule has 2 aromatic rings. The summed E-state index contributed by atoms with van der Waals surface area (Å²) in [6, 6.07) is 10.5. The maximum Gasteiger partial charge on any atom is 0.322 e. The van der Waals surface area contributed by atoms with Gasteiger partial charge in [-0.2, -0.15) is 0 Å². The number of aromatic nitrogens is 1. The van der Waals surface area contributed by atoms with Crippen molar-refractivity contribution in [1.29, 1.82) is 0 Å². The third kappa shape index (κ3) is 6.82. The number of aryl methyl sites for hydroxylation is 1. The van der Waals surface area contributed by atoms with Crippen LogP contribution in [0.4, 0.5) is 10.5 Å². The van der Waals surface area contributed by atoms with E-state index in [2.05, 4.69) is 19.2 Å². The first-order valence-corrected chi connectivity index (χ1v) is 10.3. The number of hydrogen-bond acceptors (Lipinski definition) is 2. The Bertz CT molecular complexity index is 832. The van der Waals surface area contributed by atoms with Gasteiger partial charge in [0.05, 0.1) is 6.54 Å². The van der Waals surface area contributed by atoms with Crippen molar-refractivity contribution in [2.75, 3.05) is 18.4 Å². The summed E-state index contributed by atoms with van der Waals surface area (Å²) in [7, 11) is 1.96. The van der Waals surface area contributed by atoms with Gasteiger partial charge in [-0.05, 0) is 50.1 Å². The van der Waals surface area contributed by atoms with Gasteiger partial charge in [-0.15, -0.1) is 0 Å². The average Bonchev–Trinajstić information content (AvgIpc) is 3.03. The second kappa shape index (κ2) is 10.3. The lowest BCUT2D eigenvalue weighted by atomic mass is 10.2. The summed E-state index contributed by atoms with van der Waals surface area (Å²) in [6.45, 7) is 9.12. The highest BCUT2D eigenvalue weighted by atomic mass is 35.5. The molecule has 7 heteroatoms. The summed E-state index contributed by atoms with van der Waals surface area (Å²) in [5.74, 6) is 0.252. The van der Waals surface area contributed by atoms with E-state index in [-0.39, 0.29) is 24.5 Å². The monoisotopic (exact) mass is 418 g/mol. The molecule has 0 aliphatic carbocycles. The lowest BCUT2D eigenvalue weighted by molar-refractivity contribution is -0.133. The highest BCUT2D eigenvalue weighted by molar-refractivity contribution is 6.30. The Hall–Kier alpha value is -2.47. The number of urea groups is 1. The SMILES string of the molecule is CC(C)CN(Cc1cccn1C)C(=O)CN(C(=O)Nc1cccc(Cl)c1)C(C)C. The second-order valence-corrected chi connectivity index (χ2v) is 8.38. The van der Waals surface area contributed by atoms with Crippen LogP contribution in [0.5, 0.6) is 0 Å². The highest BCUT2D eigenvalue weighted by Gasteiger charge is 2.24. The number of anilines is 1. The van der Waals surface area contributed by atoms with Crippen molar-refractivity contribution in [3.63, 3.8) is 0 Å². The molecule has 2 rings (SSSR count). The predicted octanol–water partition coefficient (Wildman–Crippen LogP) is 4.61. The molecule has 6 nitrogen and oxygen atoms in total. The molecule has 0 radical (unpaired) electrons. The van der Waals surface area contributed by atoms with Crippen molar-refractivity contribution >= 4 is 29.2 Å². The summed E-state index contributed by atoms with van der Waals surface area (Å²) in [4.78, 5) is 29.3. The molecule has 0 bridgehead atoms. The topological polar surface area (TPSA) is 57.6 Å². The largest absolute Gasteiger partial charge is 0.353 e. The van der Waals surface area contributed by atoms with E-state index in [1.807, 2.05) is 48.7 Å². The fourth-order valence-corrected chi connectivity index (χ4v) is 3.24. The van der Waals surface area contributed by atoms with Crippen LogP contribution in [-0.4, -0.2) is 45.4 Å². The summed E-state index contributed by atoms with van der Waals surface area (Å²) in [5, 5.41) is 3.37. The van der Waals surface area contributed by atoms with Crippen molar-refractivity contribution in [2.24, 2.45) is 13.0 Å². The maximum absolute atomic E-state index is 13.1. The van der Waals surface area contributed by atoms with E-state index in [0.29, 0.717) is 29.7 Å². The standard InChI is InChI=1S/C22H31ClN4O2/c1-16(2)13-26(14-20-10-7-11-25(20)5)21(28)15-27(17(3)4)22(29)24-19-9-6-8-18(23)12-19/h6-12,16-17H,13-15H2,1-5H3,(H,24,29). The Morgan fingerprint density at radius 2 is 1.86 bits per heavy atom. The molecule has 0 fully saturated rings. The van der Waals surface area contributed by atoms with Gasteiger partial charge in [0.25, 0.3) is 0 Å². The molecule has 29 heavy (non-hydrogen) atoms. The van der Waals surface area contributed by atoms with Gasteiger partial charge in [0.2, 0.25) is 5.91 Å². The van der Waals surface area contributed by atoms with E-state index in [0.717, 1.165) is 5.69 Å². The van der Waals surface area contributed by atoms with Crippen LogP contribution in [-0.2, 0) is 18.4 Å². The van der Waals surface area contributed by atoms with E-state index in [4.69, 9.17) is 11.6 Å². The third-order valence-corrected chi connectivity index (χ3v) is 4.84. The van der Waals surface area contributed by atoms with Gasteiger partial charge in [-0.25, -0.2) is 4.79 Å². The molecule has 1 aromatic carbocycles. The lowest BCUT2D eigenvalue weighted by Gasteiger charge is -2.31. The highest BCUT2D eigenvalue weighted by Crippen LogP contribution is 2.16. The molecule has 1 heterocycles. The molecule has 158 valence electrons. The van der Waals surface area contributed by atoms with Gasteiger partial charge in [0, 0.05) is 42.2 Å². The van der Waals surface area contributed by atoms with Crippen LogP contribution in [0.3, 0.4) is 0 Å². The Kier molecular flexibility index (Phi) is 8.14. The number of benzene rings is 1. The van der Waals surface area contributed by atoms with Crippen LogP contribution < -0.4 is 5.32 Å². The smallest absolute Gasteiger partial charge is 0.322 e. The van der Waals surface area contributed by atoms with Crippen molar-refractivity contribution in [2.45, 2.75) is 40.3 Å². The molecule has 1 aromatic heterocycles. The summed E-state index contributed by atoms with van der Waals surface area (Å²) >= 11 is 6.00. The molecule has 0 saturated heterocycles. The van der Waals surface area contributed by atoms with E-state index in [9.17, 15) is 9.59 Å². The zero-order valence-electron chi connectivity index (χ0n) is 17.9. The Morgan fingerprint density at radius 3 is 2.41 bits per heavy atom. The average molecular weight is 419 g/mol. The molecule has 0 aliphatic heterocycles. The first kappa shape index (κ1) is 22.8. The van der Waals surface area contributed by atoms with Gasteiger partial charge >= 0.3 is 6.03 Å². The van der Waals surface area contributed by atoms with Crippen LogP contribution in [0.2, 0.25) is 5.02 Å². The summed E-state index contributed by atoms with van der Waals surface area (Å²) < 4.78 is 2.01. The molecule has 0 aliphatic rings. The van der Waals surface area contributed by atoms with Crippen LogP contribution in [0.15, 0.2) is 42.6 Å². The fraction of sp³-hybridized carbons (Fsp3) is 0.455.